The number of hydrogen-bond donors (Lipinski definition) is 1. The van der Waals surface area contributed by atoms with E-state index in [-0.39, 0.29) is 29.1 Å². The summed E-state index contributed by atoms with van der Waals surface area (Å²) in [5.74, 6) is 0.397. The number of nitrogens with one attached hydrogen (secondary N) is 1. The first kappa shape index (κ1) is 16.0. The van der Waals surface area contributed by atoms with E-state index in [2.05, 4.69) is 36.1 Å². The second-order valence-corrected chi connectivity index (χ2v) is 7.07. The fraction of sp³-hybridized carbons (Fsp3) is 0.500. The topological polar surface area (TPSA) is 64.1 Å². The van der Waals surface area contributed by atoms with Gasteiger partial charge < -0.3 is 10.1 Å². The van der Waals surface area contributed by atoms with Crippen molar-refractivity contribution in [2.24, 2.45) is 5.41 Å². The van der Waals surface area contributed by atoms with Gasteiger partial charge in [0.1, 0.15) is 5.82 Å². The van der Waals surface area contributed by atoms with Gasteiger partial charge in [-0.3, -0.25) is 4.79 Å². The Morgan fingerprint density at radius 2 is 2.19 bits per heavy atom. The Hall–Kier alpha value is -1.40. The predicted molar refractivity (Wildman–Crippen MR) is 85.9 cm³/mol. The van der Waals surface area contributed by atoms with Crippen LogP contribution in [0.15, 0.2) is 11.4 Å². The number of esters is 1. The summed E-state index contributed by atoms with van der Waals surface area (Å²) in [5, 5.41) is 5.45. The molecule has 0 spiro atoms. The van der Waals surface area contributed by atoms with Gasteiger partial charge in [0.15, 0.2) is 0 Å². The summed E-state index contributed by atoms with van der Waals surface area (Å²) in [4.78, 5) is 20.1. The van der Waals surface area contributed by atoms with Crippen molar-refractivity contribution in [1.82, 2.24) is 9.97 Å². The zero-order valence-electron chi connectivity index (χ0n) is 12.4. The lowest BCUT2D eigenvalue weighted by Crippen LogP contribution is -2.36. The van der Waals surface area contributed by atoms with Crippen LogP contribution >= 0.6 is 22.9 Å². The van der Waals surface area contributed by atoms with Crippen LogP contribution in [0.1, 0.15) is 27.2 Å². The van der Waals surface area contributed by atoms with Gasteiger partial charge in [0.2, 0.25) is 5.28 Å². The second kappa shape index (κ2) is 6.15. The summed E-state index contributed by atoms with van der Waals surface area (Å²) in [7, 11) is 1.39. The molecule has 7 heteroatoms. The molecule has 0 bridgehead atoms. The molecule has 2 aromatic rings. The van der Waals surface area contributed by atoms with E-state index in [9.17, 15) is 4.79 Å². The first-order valence-electron chi connectivity index (χ1n) is 6.55. The van der Waals surface area contributed by atoms with E-state index in [0.29, 0.717) is 5.82 Å². The van der Waals surface area contributed by atoms with E-state index < -0.39 is 0 Å². The standard InChI is InChI=1S/C14H18ClN3O2S/c1-14(2,3)9(7-10(19)20-4)17-12-11-8(5-6-21-11)16-13(15)18-12/h5-6,9H,7H2,1-4H3,(H,16,17,18)/t9-/m1/s1. The highest BCUT2D eigenvalue weighted by Gasteiger charge is 2.28. The van der Waals surface area contributed by atoms with Crippen molar-refractivity contribution in [3.63, 3.8) is 0 Å². The van der Waals surface area contributed by atoms with Crippen LogP contribution in [0.2, 0.25) is 5.28 Å². The van der Waals surface area contributed by atoms with Crippen LogP contribution in [0.25, 0.3) is 10.2 Å². The SMILES string of the molecule is COC(=O)C[C@@H](Nc1nc(Cl)nc2ccsc12)C(C)(C)C. The molecule has 1 atom stereocenters. The van der Waals surface area contributed by atoms with Crippen LogP contribution in [-0.4, -0.2) is 29.1 Å². The van der Waals surface area contributed by atoms with Crippen molar-refractivity contribution >= 4 is 44.9 Å². The van der Waals surface area contributed by atoms with Crippen molar-refractivity contribution < 1.29 is 9.53 Å². The highest BCUT2D eigenvalue weighted by Crippen LogP contribution is 2.31. The molecule has 2 heterocycles. The number of anilines is 1. The zero-order valence-corrected chi connectivity index (χ0v) is 14.0. The summed E-state index contributed by atoms with van der Waals surface area (Å²) in [6.45, 7) is 6.17. The molecule has 0 unspecified atom stereocenters. The Bertz CT molecular complexity index is 651. The quantitative estimate of drug-likeness (QED) is 0.684. The number of halogens is 1. The largest absolute Gasteiger partial charge is 0.469 e. The van der Waals surface area contributed by atoms with Gasteiger partial charge in [0, 0.05) is 6.04 Å². The fourth-order valence-corrected chi connectivity index (χ4v) is 2.88. The highest BCUT2D eigenvalue weighted by molar-refractivity contribution is 7.17. The zero-order chi connectivity index (χ0) is 15.6. The third-order valence-electron chi connectivity index (χ3n) is 3.23. The molecule has 0 aliphatic rings. The lowest BCUT2D eigenvalue weighted by Gasteiger charge is -2.31. The first-order valence-corrected chi connectivity index (χ1v) is 7.81. The smallest absolute Gasteiger partial charge is 0.307 e. The monoisotopic (exact) mass is 327 g/mol. The number of thiophene rings is 1. The lowest BCUT2D eigenvalue weighted by molar-refractivity contribution is -0.141. The Balaban J connectivity index is 2.34. The fourth-order valence-electron chi connectivity index (χ4n) is 1.92. The maximum atomic E-state index is 11.6. The van der Waals surface area contributed by atoms with E-state index in [1.807, 2.05) is 11.4 Å². The van der Waals surface area contributed by atoms with Gasteiger partial charge in [-0.15, -0.1) is 11.3 Å². The molecule has 0 saturated heterocycles. The number of hydrogen-bond acceptors (Lipinski definition) is 6. The third kappa shape index (κ3) is 3.83. The van der Waals surface area contributed by atoms with E-state index in [4.69, 9.17) is 16.3 Å². The number of ether oxygens (including phenoxy) is 1. The van der Waals surface area contributed by atoms with E-state index in [1.54, 1.807) is 0 Å². The number of methoxy groups -OCH3 is 1. The summed E-state index contributed by atoms with van der Waals surface area (Å²) in [6, 6.07) is 1.77. The van der Waals surface area contributed by atoms with Crippen LogP contribution < -0.4 is 5.32 Å². The Morgan fingerprint density at radius 1 is 1.48 bits per heavy atom. The minimum Gasteiger partial charge on any atom is -0.469 e. The average Bonchev–Trinajstić information content (AvgIpc) is 2.84. The van der Waals surface area contributed by atoms with Gasteiger partial charge >= 0.3 is 5.97 Å². The number of rotatable bonds is 4. The number of carbonyl (C=O) groups excluding carboxylic acids is 1. The molecule has 0 aromatic carbocycles. The van der Waals surface area contributed by atoms with Crippen molar-refractivity contribution in [3.8, 4) is 0 Å². The van der Waals surface area contributed by atoms with E-state index in [1.165, 1.54) is 18.4 Å². The van der Waals surface area contributed by atoms with Crippen molar-refractivity contribution in [3.05, 3.63) is 16.7 Å². The normalized spacial score (nSPS) is 13.2. The highest BCUT2D eigenvalue weighted by atomic mass is 35.5. The molecule has 114 valence electrons. The van der Waals surface area contributed by atoms with E-state index in [0.717, 1.165) is 10.2 Å². The maximum Gasteiger partial charge on any atom is 0.307 e. The molecule has 0 amide bonds. The molecule has 0 saturated carbocycles. The molecule has 2 rings (SSSR count). The lowest BCUT2D eigenvalue weighted by atomic mass is 9.84. The molecular weight excluding hydrogens is 310 g/mol. The van der Waals surface area contributed by atoms with Crippen molar-refractivity contribution in [2.75, 3.05) is 12.4 Å². The average molecular weight is 328 g/mol. The predicted octanol–water partition coefficient (Wildman–Crippen LogP) is 3.73. The molecule has 0 aliphatic carbocycles. The van der Waals surface area contributed by atoms with Crippen molar-refractivity contribution in [1.29, 1.82) is 0 Å². The first-order chi connectivity index (χ1) is 9.81. The van der Waals surface area contributed by atoms with E-state index >= 15 is 0 Å². The van der Waals surface area contributed by atoms with Gasteiger partial charge in [-0.2, -0.15) is 4.98 Å². The second-order valence-electron chi connectivity index (χ2n) is 5.82. The van der Waals surface area contributed by atoms with Gasteiger partial charge in [0.05, 0.1) is 23.7 Å². The van der Waals surface area contributed by atoms with Gasteiger partial charge in [0.25, 0.3) is 0 Å². The Labute approximate surface area is 132 Å². The number of nitrogens with zero attached hydrogens (tertiary/aromatic N) is 2. The molecular formula is C14H18ClN3O2S. The number of aromatic nitrogens is 2. The minimum atomic E-state index is -0.259. The summed E-state index contributed by atoms with van der Waals surface area (Å²) in [5.41, 5.74) is 0.656. The maximum absolute atomic E-state index is 11.6. The molecule has 0 aliphatic heterocycles. The number of carbonyl (C=O) groups is 1. The van der Waals surface area contributed by atoms with Crippen LogP contribution in [-0.2, 0) is 9.53 Å². The van der Waals surface area contributed by atoms with Gasteiger partial charge in [-0.25, -0.2) is 4.98 Å². The molecule has 5 nitrogen and oxygen atoms in total. The molecule has 0 fully saturated rings. The summed E-state index contributed by atoms with van der Waals surface area (Å²) >= 11 is 7.50. The van der Waals surface area contributed by atoms with Gasteiger partial charge in [-0.05, 0) is 28.5 Å². The number of fused-ring (bicyclic) bond motifs is 1. The Kier molecular flexibility index (Phi) is 4.68. The summed E-state index contributed by atoms with van der Waals surface area (Å²) < 4.78 is 5.70. The van der Waals surface area contributed by atoms with Crippen LogP contribution in [0.4, 0.5) is 5.82 Å². The molecule has 21 heavy (non-hydrogen) atoms. The summed E-state index contributed by atoms with van der Waals surface area (Å²) in [6.07, 6.45) is 0.258. The Morgan fingerprint density at radius 3 is 2.81 bits per heavy atom. The minimum absolute atomic E-state index is 0.124. The molecule has 0 radical (unpaired) electrons. The van der Waals surface area contributed by atoms with Crippen molar-refractivity contribution in [2.45, 2.75) is 33.2 Å². The van der Waals surface area contributed by atoms with Crippen LogP contribution in [0, 0.1) is 5.41 Å². The molecule has 1 N–H and O–H groups in total. The third-order valence-corrected chi connectivity index (χ3v) is 4.31. The molecule has 2 aromatic heterocycles. The van der Waals surface area contributed by atoms with Crippen LogP contribution in [0.5, 0.6) is 0 Å². The van der Waals surface area contributed by atoms with Crippen LogP contribution in [0.3, 0.4) is 0 Å². The van der Waals surface area contributed by atoms with Gasteiger partial charge in [-0.1, -0.05) is 20.8 Å².